The molecule has 1 atom stereocenters. The number of amides is 1. The number of benzene rings is 1. The zero-order valence-electron chi connectivity index (χ0n) is 14.5. The lowest BCUT2D eigenvalue weighted by molar-refractivity contribution is -0.122. The summed E-state index contributed by atoms with van der Waals surface area (Å²) < 4.78 is 16.1. The van der Waals surface area contributed by atoms with Crippen molar-refractivity contribution in [2.45, 2.75) is 26.4 Å². The Kier molecular flexibility index (Phi) is 4.97. The van der Waals surface area contributed by atoms with E-state index in [9.17, 15) is 14.0 Å². The molecule has 2 aromatic heterocycles. The number of hydrogen-bond acceptors (Lipinski definition) is 3. The summed E-state index contributed by atoms with van der Waals surface area (Å²) in [5.41, 5.74) is 2.21. The van der Waals surface area contributed by atoms with E-state index in [0.29, 0.717) is 0 Å². The topological polar surface area (TPSA) is 68.9 Å². The molecular weight excluding hydrogens is 335 g/mol. The van der Waals surface area contributed by atoms with Gasteiger partial charge in [-0.15, -0.1) is 0 Å². The molecule has 1 N–H and O–H groups in total. The third kappa shape index (κ3) is 3.72. The summed E-state index contributed by atoms with van der Waals surface area (Å²) in [5, 5.41) is 7.20. The number of hydrogen-bond donors (Lipinski definition) is 1. The first kappa shape index (κ1) is 17.6. The number of carbonyl (C=O) groups is 1. The van der Waals surface area contributed by atoms with Crippen molar-refractivity contribution in [2.24, 2.45) is 0 Å². The number of nitrogens with zero attached hydrogens (tertiary/aromatic N) is 3. The van der Waals surface area contributed by atoms with Crippen molar-refractivity contribution in [3.63, 3.8) is 0 Å². The minimum atomic E-state index is -0.310. The van der Waals surface area contributed by atoms with Gasteiger partial charge in [0, 0.05) is 23.5 Å². The van der Waals surface area contributed by atoms with Gasteiger partial charge in [-0.2, -0.15) is 5.10 Å². The highest BCUT2D eigenvalue weighted by Gasteiger charge is 2.16. The number of nitrogens with one attached hydrogen (secondary N) is 1. The fourth-order valence-electron chi connectivity index (χ4n) is 2.80. The molecule has 0 fully saturated rings. The van der Waals surface area contributed by atoms with Gasteiger partial charge in [0.1, 0.15) is 12.4 Å². The summed E-state index contributed by atoms with van der Waals surface area (Å²) in [7, 11) is 0. The molecule has 6 nitrogen and oxygen atoms in total. The largest absolute Gasteiger partial charge is 0.348 e. The van der Waals surface area contributed by atoms with Gasteiger partial charge in [-0.1, -0.05) is 6.07 Å². The Hall–Kier alpha value is -3.22. The van der Waals surface area contributed by atoms with Crippen LogP contribution in [0.2, 0.25) is 0 Å². The van der Waals surface area contributed by atoms with Crippen molar-refractivity contribution in [3.8, 4) is 5.69 Å². The van der Waals surface area contributed by atoms with Crippen LogP contribution >= 0.6 is 0 Å². The third-order valence-corrected chi connectivity index (χ3v) is 4.18. The third-order valence-electron chi connectivity index (χ3n) is 4.18. The first-order valence-electron chi connectivity index (χ1n) is 8.21. The first-order valence-corrected chi connectivity index (χ1v) is 8.21. The van der Waals surface area contributed by atoms with Gasteiger partial charge in [0.25, 0.3) is 5.56 Å². The van der Waals surface area contributed by atoms with Crippen LogP contribution in [0.5, 0.6) is 0 Å². The van der Waals surface area contributed by atoms with Crippen molar-refractivity contribution in [1.29, 1.82) is 0 Å². The number of carbonyl (C=O) groups excluding carboxylic acids is 1. The fraction of sp³-hybridized carbons (Fsp3) is 0.211. The molecule has 0 aliphatic heterocycles. The van der Waals surface area contributed by atoms with Crippen molar-refractivity contribution in [2.75, 3.05) is 0 Å². The maximum atomic E-state index is 13.1. The average Bonchev–Trinajstić information content (AvgIpc) is 2.99. The Morgan fingerprint density at radius 3 is 2.65 bits per heavy atom. The van der Waals surface area contributed by atoms with Crippen LogP contribution in [-0.4, -0.2) is 20.3 Å². The highest BCUT2D eigenvalue weighted by atomic mass is 19.1. The Morgan fingerprint density at radius 2 is 1.96 bits per heavy atom. The summed E-state index contributed by atoms with van der Waals surface area (Å²) in [6.07, 6.45) is 3.25. The van der Waals surface area contributed by atoms with E-state index in [1.807, 2.05) is 13.8 Å². The summed E-state index contributed by atoms with van der Waals surface area (Å²) in [6.45, 7) is 3.69. The molecule has 0 aliphatic rings. The molecule has 7 heteroatoms. The predicted molar refractivity (Wildman–Crippen MR) is 95.5 cm³/mol. The Labute approximate surface area is 149 Å². The van der Waals surface area contributed by atoms with Crippen molar-refractivity contribution < 1.29 is 9.18 Å². The van der Waals surface area contributed by atoms with Crippen molar-refractivity contribution in [1.82, 2.24) is 19.7 Å². The van der Waals surface area contributed by atoms with Crippen LogP contribution in [0, 0.1) is 12.7 Å². The van der Waals surface area contributed by atoms with E-state index in [1.165, 1.54) is 22.8 Å². The number of aromatic nitrogens is 3. The van der Waals surface area contributed by atoms with Crippen LogP contribution in [0.25, 0.3) is 5.69 Å². The van der Waals surface area contributed by atoms with Gasteiger partial charge in [-0.25, -0.2) is 9.07 Å². The molecule has 3 rings (SSSR count). The first-order chi connectivity index (χ1) is 12.5. The van der Waals surface area contributed by atoms with Gasteiger partial charge >= 0.3 is 0 Å². The smallest absolute Gasteiger partial charge is 0.250 e. The minimum absolute atomic E-state index is 0.0465. The second-order valence-corrected chi connectivity index (χ2v) is 6.03. The second kappa shape index (κ2) is 7.35. The molecule has 0 aliphatic carbocycles. The average molecular weight is 354 g/mol. The highest BCUT2D eigenvalue weighted by molar-refractivity contribution is 5.76. The molecule has 2 heterocycles. The molecular formula is C19H19FN4O2. The normalized spacial score (nSPS) is 12.0. The second-order valence-electron chi connectivity index (χ2n) is 6.03. The number of halogens is 1. The molecule has 134 valence electrons. The lowest BCUT2D eigenvalue weighted by Gasteiger charge is -2.15. The van der Waals surface area contributed by atoms with Gasteiger partial charge in [0.2, 0.25) is 5.91 Å². The molecule has 1 unspecified atom stereocenters. The molecule has 0 spiro atoms. The van der Waals surface area contributed by atoms with E-state index in [2.05, 4.69) is 10.4 Å². The van der Waals surface area contributed by atoms with Crippen molar-refractivity contribution in [3.05, 3.63) is 82.3 Å². The van der Waals surface area contributed by atoms with E-state index in [4.69, 9.17) is 0 Å². The summed E-state index contributed by atoms with van der Waals surface area (Å²) in [4.78, 5) is 23.9. The van der Waals surface area contributed by atoms with Gasteiger partial charge in [0.05, 0.1) is 17.9 Å². The minimum Gasteiger partial charge on any atom is -0.348 e. The number of rotatable bonds is 5. The molecule has 26 heavy (non-hydrogen) atoms. The molecule has 1 aromatic carbocycles. The summed E-state index contributed by atoms with van der Waals surface area (Å²) in [6, 6.07) is 10.5. The molecule has 0 saturated heterocycles. The summed E-state index contributed by atoms with van der Waals surface area (Å²) in [5.74, 6) is -0.574. The molecule has 0 radical (unpaired) electrons. The Bertz CT molecular complexity index is 976. The Balaban J connectivity index is 1.73. The van der Waals surface area contributed by atoms with Gasteiger partial charge < -0.3 is 9.88 Å². The van der Waals surface area contributed by atoms with Crippen LogP contribution < -0.4 is 10.9 Å². The van der Waals surface area contributed by atoms with E-state index >= 15 is 0 Å². The molecule has 1 amide bonds. The Morgan fingerprint density at radius 1 is 1.23 bits per heavy atom. The SMILES string of the molecule is Cc1c(C(C)NC(=O)Cn2ccccc2=O)cnn1-c1ccc(F)cc1. The lowest BCUT2D eigenvalue weighted by atomic mass is 10.1. The van der Waals surface area contributed by atoms with Gasteiger partial charge in [0.15, 0.2) is 0 Å². The van der Waals surface area contributed by atoms with Crippen LogP contribution in [0.1, 0.15) is 24.2 Å². The maximum absolute atomic E-state index is 13.1. The van der Waals surface area contributed by atoms with Crippen LogP contribution in [0.4, 0.5) is 4.39 Å². The maximum Gasteiger partial charge on any atom is 0.250 e. The monoisotopic (exact) mass is 354 g/mol. The predicted octanol–water partition coefficient (Wildman–Crippen LogP) is 2.36. The van der Waals surface area contributed by atoms with E-state index < -0.39 is 0 Å². The zero-order valence-corrected chi connectivity index (χ0v) is 14.5. The van der Waals surface area contributed by atoms with Crippen LogP contribution in [0.15, 0.2) is 59.7 Å². The standard InChI is InChI=1S/C19H19FN4O2/c1-13(22-18(25)12-23-10-4-3-5-19(23)26)17-11-21-24(14(17)2)16-8-6-15(20)7-9-16/h3-11,13H,12H2,1-2H3,(H,22,25). The molecule has 0 saturated carbocycles. The van der Waals surface area contributed by atoms with Crippen molar-refractivity contribution >= 4 is 5.91 Å². The quantitative estimate of drug-likeness (QED) is 0.765. The number of pyridine rings is 1. The van der Waals surface area contributed by atoms with Gasteiger partial charge in [-0.05, 0) is 44.2 Å². The molecule has 0 bridgehead atoms. The fourth-order valence-corrected chi connectivity index (χ4v) is 2.80. The zero-order chi connectivity index (χ0) is 18.7. The highest BCUT2D eigenvalue weighted by Crippen LogP contribution is 2.20. The molecule has 3 aromatic rings. The lowest BCUT2D eigenvalue weighted by Crippen LogP contribution is -2.33. The van der Waals surface area contributed by atoms with Gasteiger partial charge in [-0.3, -0.25) is 9.59 Å². The van der Waals surface area contributed by atoms with E-state index in [1.54, 1.807) is 41.3 Å². The van der Waals surface area contributed by atoms with E-state index in [0.717, 1.165) is 16.9 Å². The van der Waals surface area contributed by atoms with Crippen LogP contribution in [0.3, 0.4) is 0 Å². The van der Waals surface area contributed by atoms with Crippen LogP contribution in [-0.2, 0) is 11.3 Å². The van der Waals surface area contributed by atoms with E-state index in [-0.39, 0.29) is 29.9 Å². The summed E-state index contributed by atoms with van der Waals surface area (Å²) >= 11 is 0.